The van der Waals surface area contributed by atoms with Crippen LogP contribution in [-0.2, 0) is 11.2 Å². The number of halogens is 1. The number of rotatable bonds is 6. The van der Waals surface area contributed by atoms with Crippen LogP contribution in [0.3, 0.4) is 0 Å². The number of benzene rings is 2. The highest BCUT2D eigenvalue weighted by Gasteiger charge is 2.30. The molecular formula is C19H18FN3O3S. The number of hydrogen-bond acceptors (Lipinski definition) is 6. The van der Waals surface area contributed by atoms with Crippen molar-refractivity contribution in [2.24, 2.45) is 10.2 Å². The second kappa shape index (κ2) is 8.68. The lowest BCUT2D eigenvalue weighted by Gasteiger charge is -2.07. The van der Waals surface area contributed by atoms with Crippen LogP contribution in [0.4, 0.5) is 4.39 Å². The zero-order chi connectivity index (χ0) is 19.2. The smallest absolute Gasteiger partial charge is 0.239 e. The molecule has 0 aliphatic carbocycles. The third-order valence-corrected chi connectivity index (χ3v) is 4.95. The van der Waals surface area contributed by atoms with Gasteiger partial charge in [-0.3, -0.25) is 4.79 Å². The van der Waals surface area contributed by atoms with E-state index in [-0.39, 0.29) is 17.0 Å². The number of methoxy groups -OCH3 is 2. The molecule has 0 radical (unpaired) electrons. The zero-order valence-electron chi connectivity index (χ0n) is 14.8. The van der Waals surface area contributed by atoms with Gasteiger partial charge in [0.05, 0.1) is 25.7 Å². The minimum Gasteiger partial charge on any atom is -0.493 e. The monoisotopic (exact) mass is 387 g/mol. The number of carbonyl (C=O) groups is 1. The van der Waals surface area contributed by atoms with E-state index in [0.717, 1.165) is 11.1 Å². The molecule has 3 rings (SSSR count). The molecule has 1 atom stereocenters. The Hall–Kier alpha value is -2.87. The van der Waals surface area contributed by atoms with E-state index in [1.165, 1.54) is 23.9 Å². The van der Waals surface area contributed by atoms with Crippen molar-refractivity contribution in [3.8, 4) is 11.5 Å². The summed E-state index contributed by atoms with van der Waals surface area (Å²) in [6, 6.07) is 11.5. The van der Waals surface area contributed by atoms with Crippen LogP contribution in [0.5, 0.6) is 11.5 Å². The molecule has 8 heteroatoms. The van der Waals surface area contributed by atoms with Crippen LogP contribution in [0.1, 0.15) is 11.1 Å². The second-order valence-electron chi connectivity index (χ2n) is 5.69. The fourth-order valence-corrected chi connectivity index (χ4v) is 3.47. The van der Waals surface area contributed by atoms with Gasteiger partial charge in [-0.25, -0.2) is 4.39 Å². The van der Waals surface area contributed by atoms with Crippen LogP contribution >= 0.6 is 11.8 Å². The van der Waals surface area contributed by atoms with Crippen molar-refractivity contribution in [2.45, 2.75) is 11.7 Å². The quantitative estimate of drug-likeness (QED) is 0.611. The van der Waals surface area contributed by atoms with Gasteiger partial charge in [0.2, 0.25) is 5.91 Å². The molecule has 0 unspecified atom stereocenters. The Morgan fingerprint density at radius 2 is 1.89 bits per heavy atom. The van der Waals surface area contributed by atoms with Crippen LogP contribution < -0.4 is 14.8 Å². The SMILES string of the molecule is COc1ccc(/C=N\N=C2/NC(=O)[C@H](Cc3ccc(F)cc3)S2)cc1OC. The molecule has 1 N–H and O–H groups in total. The van der Waals surface area contributed by atoms with Gasteiger partial charge in [-0.05, 0) is 47.9 Å². The van der Waals surface area contributed by atoms with Crippen LogP contribution in [0, 0.1) is 5.82 Å². The van der Waals surface area contributed by atoms with Crippen LogP contribution in [0.15, 0.2) is 52.7 Å². The Morgan fingerprint density at radius 1 is 1.15 bits per heavy atom. The average Bonchev–Trinajstić information content (AvgIpc) is 3.02. The third-order valence-electron chi connectivity index (χ3n) is 3.87. The first kappa shape index (κ1) is 18.9. The minimum atomic E-state index is -0.314. The molecule has 0 spiro atoms. The highest BCUT2D eigenvalue weighted by atomic mass is 32.2. The number of amidine groups is 1. The van der Waals surface area contributed by atoms with Crippen LogP contribution in [0.25, 0.3) is 0 Å². The maximum absolute atomic E-state index is 13.0. The summed E-state index contributed by atoms with van der Waals surface area (Å²) in [7, 11) is 3.13. The molecule has 2 aromatic carbocycles. The fourth-order valence-electron chi connectivity index (χ4n) is 2.50. The van der Waals surface area contributed by atoms with Gasteiger partial charge in [0, 0.05) is 0 Å². The molecule has 0 aromatic heterocycles. The number of thioether (sulfide) groups is 1. The zero-order valence-corrected chi connectivity index (χ0v) is 15.6. The van der Waals surface area contributed by atoms with Gasteiger partial charge in [0.1, 0.15) is 5.82 Å². The summed E-state index contributed by atoms with van der Waals surface area (Å²) in [5, 5.41) is 10.9. The van der Waals surface area contributed by atoms with Gasteiger partial charge < -0.3 is 14.8 Å². The summed E-state index contributed by atoms with van der Waals surface area (Å²) in [6.45, 7) is 0. The van der Waals surface area contributed by atoms with E-state index in [9.17, 15) is 9.18 Å². The summed E-state index contributed by atoms with van der Waals surface area (Å²) < 4.78 is 23.4. The lowest BCUT2D eigenvalue weighted by atomic mass is 10.1. The van der Waals surface area contributed by atoms with Crippen LogP contribution in [-0.4, -0.2) is 36.8 Å². The largest absolute Gasteiger partial charge is 0.493 e. The third kappa shape index (κ3) is 4.85. The molecular weight excluding hydrogens is 369 g/mol. The molecule has 1 aliphatic heterocycles. The molecule has 0 saturated carbocycles. The van der Waals surface area contributed by atoms with E-state index in [1.54, 1.807) is 44.7 Å². The summed E-state index contributed by atoms with van der Waals surface area (Å²) >= 11 is 1.30. The predicted octanol–water partition coefficient (Wildman–Crippen LogP) is 3.01. The van der Waals surface area contributed by atoms with Crippen LogP contribution in [0.2, 0.25) is 0 Å². The first-order chi connectivity index (χ1) is 13.1. The highest BCUT2D eigenvalue weighted by molar-refractivity contribution is 8.15. The molecule has 1 saturated heterocycles. The first-order valence-electron chi connectivity index (χ1n) is 8.14. The van der Waals surface area contributed by atoms with Crippen molar-refractivity contribution in [3.63, 3.8) is 0 Å². The number of ether oxygens (including phenoxy) is 2. The van der Waals surface area contributed by atoms with E-state index in [1.807, 2.05) is 6.07 Å². The van der Waals surface area contributed by atoms with Crippen molar-refractivity contribution in [1.82, 2.24) is 5.32 Å². The van der Waals surface area contributed by atoms with Crippen molar-refractivity contribution in [1.29, 1.82) is 0 Å². The first-order valence-corrected chi connectivity index (χ1v) is 9.02. The van der Waals surface area contributed by atoms with Gasteiger partial charge in [0.15, 0.2) is 16.7 Å². The Morgan fingerprint density at radius 3 is 2.59 bits per heavy atom. The number of hydrogen-bond donors (Lipinski definition) is 1. The fraction of sp³-hybridized carbons (Fsp3) is 0.211. The average molecular weight is 387 g/mol. The van der Waals surface area contributed by atoms with Gasteiger partial charge in [0.25, 0.3) is 0 Å². The molecule has 6 nitrogen and oxygen atoms in total. The van der Waals surface area contributed by atoms with Gasteiger partial charge in [-0.15, -0.1) is 5.10 Å². The Labute approximate surface area is 160 Å². The molecule has 1 fully saturated rings. The maximum atomic E-state index is 13.0. The van der Waals surface area contributed by atoms with E-state index >= 15 is 0 Å². The van der Waals surface area contributed by atoms with Crippen molar-refractivity contribution in [2.75, 3.05) is 14.2 Å². The minimum absolute atomic E-state index is 0.135. The highest BCUT2D eigenvalue weighted by Crippen LogP contribution is 2.27. The van der Waals surface area contributed by atoms with Gasteiger partial charge in [-0.1, -0.05) is 23.9 Å². The van der Waals surface area contributed by atoms with Gasteiger partial charge >= 0.3 is 0 Å². The van der Waals surface area contributed by atoms with E-state index in [2.05, 4.69) is 15.5 Å². The number of nitrogens with zero attached hydrogens (tertiary/aromatic N) is 2. The molecule has 140 valence electrons. The molecule has 1 amide bonds. The maximum Gasteiger partial charge on any atom is 0.239 e. The summed E-state index contributed by atoms with van der Waals surface area (Å²) in [5.41, 5.74) is 1.67. The summed E-state index contributed by atoms with van der Waals surface area (Å²) in [4.78, 5) is 12.1. The Kier molecular flexibility index (Phi) is 6.08. The Balaban J connectivity index is 1.63. The molecule has 27 heavy (non-hydrogen) atoms. The molecule has 1 heterocycles. The number of amides is 1. The summed E-state index contributed by atoms with van der Waals surface area (Å²) in [5.74, 6) is 0.790. The second-order valence-corrected chi connectivity index (χ2v) is 6.88. The molecule has 1 aliphatic rings. The van der Waals surface area contributed by atoms with Crippen molar-refractivity contribution < 1.29 is 18.7 Å². The standard InChI is InChI=1S/C19H18FN3O3S/c1-25-15-8-5-13(9-16(15)26-2)11-21-23-19-22-18(24)17(27-19)10-12-3-6-14(20)7-4-12/h3-9,11,17H,10H2,1-2H3,(H,22,23,24)/b21-11-/t17-/m0/s1. The normalized spacial score (nSPS) is 18.1. The lowest BCUT2D eigenvalue weighted by Crippen LogP contribution is -2.25. The lowest BCUT2D eigenvalue weighted by molar-refractivity contribution is -0.118. The van der Waals surface area contributed by atoms with Crippen molar-refractivity contribution >= 4 is 29.1 Å². The van der Waals surface area contributed by atoms with E-state index in [4.69, 9.17) is 9.47 Å². The predicted molar refractivity (Wildman–Crippen MR) is 104 cm³/mol. The van der Waals surface area contributed by atoms with Gasteiger partial charge in [-0.2, -0.15) is 5.10 Å². The molecule has 0 bridgehead atoms. The van der Waals surface area contributed by atoms with E-state index in [0.29, 0.717) is 23.1 Å². The van der Waals surface area contributed by atoms with E-state index < -0.39 is 0 Å². The number of carbonyl (C=O) groups excluding carboxylic acids is 1. The van der Waals surface area contributed by atoms with Crippen molar-refractivity contribution in [3.05, 3.63) is 59.4 Å². The number of nitrogens with one attached hydrogen (secondary N) is 1. The Bertz CT molecular complexity index is 884. The topological polar surface area (TPSA) is 72.3 Å². The molecule has 2 aromatic rings. The summed E-state index contributed by atoms with van der Waals surface area (Å²) in [6.07, 6.45) is 2.06.